The fourth-order valence-electron chi connectivity index (χ4n) is 5.29. The van der Waals surface area contributed by atoms with Gasteiger partial charge in [-0.3, -0.25) is 4.98 Å². The normalized spacial score (nSPS) is 12.9. The van der Waals surface area contributed by atoms with Crippen LogP contribution in [0, 0.1) is 48.2 Å². The van der Waals surface area contributed by atoms with E-state index in [2.05, 4.69) is 92.6 Å². The molecule has 5 rings (SSSR count). The molecule has 4 aromatic rings. The molecule has 241 valence electrons. The van der Waals surface area contributed by atoms with E-state index >= 15 is 0 Å². The maximum absolute atomic E-state index is 12.0. The van der Waals surface area contributed by atoms with Crippen molar-refractivity contribution in [1.82, 2.24) is 4.98 Å². The summed E-state index contributed by atoms with van der Waals surface area (Å²) in [5, 5.41) is 3.01. The summed E-state index contributed by atoms with van der Waals surface area (Å²) >= 11 is -0.588. The maximum atomic E-state index is 12.0. The minimum Gasteiger partial charge on any atom is -0.265 e. The molecule has 0 N–H and O–H groups in total. The van der Waals surface area contributed by atoms with Crippen molar-refractivity contribution < 1.29 is 33.7 Å². The van der Waals surface area contributed by atoms with Crippen LogP contribution in [0.3, 0.4) is 0 Å². The third-order valence-corrected chi connectivity index (χ3v) is 8.01. The molecule has 5 nitrogen and oxygen atoms in total. The quantitative estimate of drug-likeness (QED) is 0.156. The van der Waals surface area contributed by atoms with Gasteiger partial charge in [0.1, 0.15) is 0 Å². The molecule has 0 saturated carbocycles. The van der Waals surface area contributed by atoms with Gasteiger partial charge >= 0.3 is 101 Å². The van der Waals surface area contributed by atoms with Crippen molar-refractivity contribution in [2.75, 3.05) is 22.9 Å². The fraction of sp³-hybridized carbons (Fsp3) is 0.257. The molecule has 0 unspecified atom stereocenters. The average Bonchev–Trinajstić information content (AvgIpc) is 3.43. The van der Waals surface area contributed by atoms with Crippen LogP contribution in [0.1, 0.15) is 38.9 Å². The van der Waals surface area contributed by atoms with E-state index in [-0.39, 0.29) is 5.69 Å². The number of carbonyl (C=O) groups excluding carboxylic acids is 1. The number of rotatable bonds is 4. The van der Waals surface area contributed by atoms with Crippen LogP contribution in [0.25, 0.3) is 5.32 Å². The summed E-state index contributed by atoms with van der Waals surface area (Å²) in [4.78, 5) is 19.3. The summed E-state index contributed by atoms with van der Waals surface area (Å²) in [5.74, 6) is -2.11. The number of benzene rings is 3. The topological polar surface area (TPSA) is 50.5 Å². The summed E-state index contributed by atoms with van der Waals surface area (Å²) < 4.78 is 37.5. The van der Waals surface area contributed by atoms with Gasteiger partial charge in [-0.1, -0.05) is 41.5 Å². The molecule has 2 heterocycles. The molecule has 0 spiro atoms. The van der Waals surface area contributed by atoms with E-state index in [9.17, 15) is 18.0 Å². The molecule has 3 aromatic carbocycles. The molecule has 1 amide bonds. The van der Waals surface area contributed by atoms with E-state index in [0.29, 0.717) is 5.56 Å². The molecule has 45 heavy (non-hydrogen) atoms. The number of halogens is 4. The second kappa shape index (κ2) is 16.7. The molecular weight excluding hydrogens is 686 g/mol. The summed E-state index contributed by atoms with van der Waals surface area (Å²) in [5.41, 5.74) is 11.3. The zero-order valence-corrected chi connectivity index (χ0v) is 28.6. The van der Waals surface area contributed by atoms with Crippen LogP contribution < -0.4 is 9.80 Å². The van der Waals surface area contributed by atoms with Crippen LogP contribution in [-0.4, -0.2) is 34.8 Å². The maximum Gasteiger partial charge on any atom is 0.0267 e. The van der Waals surface area contributed by atoms with Crippen molar-refractivity contribution in [1.29, 1.82) is 0 Å². The number of carbonyl (C=O) groups is 1. The van der Waals surface area contributed by atoms with Crippen molar-refractivity contribution in [2.24, 2.45) is 0 Å². The Hall–Kier alpha value is -3.55. The number of alkyl halides is 3. The number of amides is 1. The third kappa shape index (κ3) is 10.5. The van der Waals surface area contributed by atoms with Crippen molar-refractivity contribution in [3.63, 3.8) is 0 Å². The van der Waals surface area contributed by atoms with Crippen LogP contribution in [0.4, 0.5) is 30.2 Å². The molecule has 0 aliphatic carbocycles. The summed E-state index contributed by atoms with van der Waals surface area (Å²) in [7, 11) is 5.52. The number of para-hydroxylation sites is 1. The Morgan fingerprint density at radius 3 is 1.67 bits per heavy atom. The molecular formula is C35H37ClF3N4ORu-2. The molecule has 1 saturated heterocycles. The van der Waals surface area contributed by atoms with Gasteiger partial charge in [-0.05, 0) is 75.9 Å². The van der Waals surface area contributed by atoms with Gasteiger partial charge in [-0.2, -0.15) is 6.67 Å². The smallest absolute Gasteiger partial charge is 0.0267 e. The molecule has 1 aliphatic rings. The van der Waals surface area contributed by atoms with Gasteiger partial charge < -0.3 is 9.80 Å². The molecule has 0 atom stereocenters. The molecule has 1 fully saturated rings. The standard InChI is InChI=1S/C21H27N2.C9H6F3NO.C5H5N.ClH.Ru/c1-14-9-16(3)20(17(4)10-14)22-7-8-23(13-22)21-18(5)11-15(2)12-19(21)6;1-6-4-2-3-5-7(6)13-8(14)9(10,11)12;1-2-4-6-5-3-1;;/h9-13H,7-8H2,1-6H3;1-5H,(H,13,14);1-5H;1H;/q-1;;;;+1/p-2. The molecule has 0 radical (unpaired) electrons. The first-order valence-corrected chi connectivity index (χ1v) is 17.4. The van der Waals surface area contributed by atoms with E-state index in [1.54, 1.807) is 29.1 Å². The van der Waals surface area contributed by atoms with Gasteiger partial charge in [-0.25, -0.2) is 0 Å². The SMILES string of the molecule is Cc1cc(C)c(N2[CH-]N(c3c(C)cc(C)cc3C)CC2)c(C)c1.O=C([N-]c1ccccc1[CH]=[Ru][Cl])C(F)(F)F.c1ccncc1. The van der Waals surface area contributed by atoms with Gasteiger partial charge in [0, 0.05) is 36.9 Å². The number of aryl methyl sites for hydroxylation is 6. The Morgan fingerprint density at radius 1 is 0.822 bits per heavy atom. The minimum absolute atomic E-state index is 0.0141. The molecule has 1 aromatic heterocycles. The Kier molecular flexibility index (Phi) is 13.3. The molecule has 0 bridgehead atoms. The van der Waals surface area contributed by atoms with Crippen molar-refractivity contribution >= 4 is 37.3 Å². The van der Waals surface area contributed by atoms with Gasteiger partial charge in [0.15, 0.2) is 0 Å². The Bertz CT molecular complexity index is 1480. The molecule has 10 heteroatoms. The van der Waals surface area contributed by atoms with E-state index < -0.39 is 27.8 Å². The van der Waals surface area contributed by atoms with Gasteiger partial charge in [-0.15, -0.1) is 0 Å². The van der Waals surface area contributed by atoms with Gasteiger partial charge in [0.25, 0.3) is 0 Å². The predicted octanol–water partition coefficient (Wildman–Crippen LogP) is 9.23. The third-order valence-electron chi connectivity index (χ3n) is 6.82. The van der Waals surface area contributed by atoms with Gasteiger partial charge in [0.2, 0.25) is 0 Å². The van der Waals surface area contributed by atoms with Crippen LogP contribution in [0.15, 0.2) is 79.1 Å². The number of anilines is 2. The van der Waals surface area contributed by atoms with E-state index in [1.165, 1.54) is 56.9 Å². The van der Waals surface area contributed by atoms with Crippen LogP contribution in [-0.2, 0) is 20.5 Å². The summed E-state index contributed by atoms with van der Waals surface area (Å²) in [6.45, 7) is 17.6. The Morgan fingerprint density at radius 2 is 1.29 bits per heavy atom. The second-order valence-corrected chi connectivity index (χ2v) is 12.5. The summed E-state index contributed by atoms with van der Waals surface area (Å²) in [6.07, 6.45) is -1.44. The Balaban J connectivity index is 0.000000216. The largest absolute Gasteiger partial charge is 0.265 e. The zero-order chi connectivity index (χ0) is 33.1. The van der Waals surface area contributed by atoms with Crippen LogP contribution in [0.5, 0.6) is 0 Å². The monoisotopic (exact) mass is 723 g/mol. The minimum atomic E-state index is -4.94. The first-order chi connectivity index (χ1) is 21.3. The van der Waals surface area contributed by atoms with Gasteiger partial charge in [0.05, 0.1) is 0 Å². The first-order valence-electron chi connectivity index (χ1n) is 14.2. The van der Waals surface area contributed by atoms with Crippen molar-refractivity contribution in [3.05, 3.63) is 130 Å². The Labute approximate surface area is 275 Å². The van der Waals surface area contributed by atoms with E-state index in [0.717, 1.165) is 13.1 Å². The summed E-state index contributed by atoms with van der Waals surface area (Å²) in [6, 6.07) is 20.9. The van der Waals surface area contributed by atoms with Crippen LogP contribution in [0.2, 0.25) is 0 Å². The van der Waals surface area contributed by atoms with E-state index in [1.807, 2.05) is 18.2 Å². The second-order valence-electron chi connectivity index (χ2n) is 10.7. The fourth-order valence-corrected chi connectivity index (χ4v) is 6.41. The number of aromatic nitrogens is 1. The predicted molar refractivity (Wildman–Crippen MR) is 176 cm³/mol. The first kappa shape index (κ1) is 35.9. The van der Waals surface area contributed by atoms with Crippen molar-refractivity contribution in [3.8, 4) is 0 Å². The van der Waals surface area contributed by atoms with Crippen LogP contribution >= 0.6 is 9.69 Å². The average molecular weight is 723 g/mol. The number of hydrogen-bond donors (Lipinski definition) is 0. The van der Waals surface area contributed by atoms with Crippen molar-refractivity contribution in [2.45, 2.75) is 47.7 Å². The number of hydrogen-bond acceptors (Lipinski definition) is 4. The number of pyridine rings is 1. The number of nitrogens with zero attached hydrogens (tertiary/aromatic N) is 4. The zero-order valence-electron chi connectivity index (χ0n) is 26.1. The van der Waals surface area contributed by atoms with E-state index in [4.69, 9.17) is 9.69 Å². The molecule has 1 aliphatic heterocycles.